The van der Waals surface area contributed by atoms with E-state index in [0.29, 0.717) is 25.5 Å². The monoisotopic (exact) mass is 279 g/mol. The molecule has 0 amide bonds. The van der Waals surface area contributed by atoms with Gasteiger partial charge in [-0.15, -0.1) is 0 Å². The van der Waals surface area contributed by atoms with Crippen LogP contribution >= 0.6 is 0 Å². The molecule has 3 nitrogen and oxygen atoms in total. The molecule has 0 fully saturated rings. The Morgan fingerprint density at radius 1 is 1.25 bits per heavy atom. The van der Waals surface area contributed by atoms with Gasteiger partial charge in [0.05, 0.1) is 5.60 Å². The zero-order valence-corrected chi connectivity index (χ0v) is 13.3. The highest BCUT2D eigenvalue weighted by atomic mass is 16.5. The number of hydrogen-bond acceptors (Lipinski definition) is 3. The van der Waals surface area contributed by atoms with E-state index in [4.69, 9.17) is 4.74 Å². The predicted octanol–water partition coefficient (Wildman–Crippen LogP) is 3.68. The van der Waals surface area contributed by atoms with E-state index >= 15 is 0 Å². The number of benzene rings is 1. The van der Waals surface area contributed by atoms with Crippen LogP contribution in [0.25, 0.3) is 0 Å². The summed E-state index contributed by atoms with van der Waals surface area (Å²) in [5.74, 6) is 0.827. The van der Waals surface area contributed by atoms with E-state index in [0.717, 1.165) is 18.7 Å². The molecule has 2 N–H and O–H groups in total. The van der Waals surface area contributed by atoms with Gasteiger partial charge < -0.3 is 15.2 Å². The molecule has 0 aliphatic heterocycles. The van der Waals surface area contributed by atoms with E-state index in [1.807, 2.05) is 26.0 Å². The van der Waals surface area contributed by atoms with Crippen LogP contribution in [-0.4, -0.2) is 23.9 Å². The molecular formula is C17H29NO2. The Balaban J connectivity index is 2.64. The third-order valence-electron chi connectivity index (χ3n) is 3.88. The van der Waals surface area contributed by atoms with Crippen molar-refractivity contribution in [1.29, 1.82) is 0 Å². The normalized spacial score (nSPS) is 13.2. The highest BCUT2D eigenvalue weighted by molar-refractivity contribution is 5.30. The van der Waals surface area contributed by atoms with Crippen molar-refractivity contribution in [1.82, 2.24) is 5.32 Å². The lowest BCUT2D eigenvalue weighted by Crippen LogP contribution is -2.34. The zero-order chi connectivity index (χ0) is 15.0. The number of rotatable bonds is 9. The molecule has 0 aliphatic carbocycles. The number of hydrogen-bond donors (Lipinski definition) is 2. The van der Waals surface area contributed by atoms with Crippen molar-refractivity contribution in [3.05, 3.63) is 29.8 Å². The van der Waals surface area contributed by atoms with Crippen molar-refractivity contribution in [2.45, 2.75) is 58.6 Å². The largest absolute Gasteiger partial charge is 0.491 e. The molecule has 114 valence electrons. The molecule has 0 saturated carbocycles. The molecule has 0 radical (unpaired) electrons. The second-order valence-electron chi connectivity index (χ2n) is 5.47. The van der Waals surface area contributed by atoms with Crippen LogP contribution in [0, 0.1) is 0 Å². The summed E-state index contributed by atoms with van der Waals surface area (Å²) < 4.78 is 5.77. The van der Waals surface area contributed by atoms with Crippen LogP contribution < -0.4 is 10.1 Å². The van der Waals surface area contributed by atoms with Crippen LogP contribution in [0.4, 0.5) is 0 Å². The van der Waals surface area contributed by atoms with Crippen molar-refractivity contribution < 1.29 is 9.84 Å². The molecule has 0 heterocycles. The van der Waals surface area contributed by atoms with Gasteiger partial charge in [-0.25, -0.2) is 0 Å². The maximum Gasteiger partial charge on any atom is 0.119 e. The Labute approximate surface area is 123 Å². The summed E-state index contributed by atoms with van der Waals surface area (Å²) in [6, 6.07) is 8.42. The van der Waals surface area contributed by atoms with Gasteiger partial charge in [0.25, 0.3) is 0 Å². The average molecular weight is 279 g/mol. The third-order valence-corrected chi connectivity index (χ3v) is 3.88. The molecule has 0 aromatic heterocycles. The van der Waals surface area contributed by atoms with Crippen LogP contribution in [0.5, 0.6) is 5.75 Å². The lowest BCUT2D eigenvalue weighted by atomic mass is 9.99. The number of aliphatic hydroxyl groups is 1. The average Bonchev–Trinajstić information content (AvgIpc) is 2.50. The molecule has 0 bridgehead atoms. The fourth-order valence-electron chi connectivity index (χ4n) is 2.02. The minimum atomic E-state index is -0.720. The smallest absolute Gasteiger partial charge is 0.119 e. The minimum Gasteiger partial charge on any atom is -0.491 e. The molecule has 1 unspecified atom stereocenters. The number of ether oxygens (including phenoxy) is 1. The molecule has 1 aromatic rings. The molecule has 0 saturated heterocycles. The first-order valence-corrected chi connectivity index (χ1v) is 7.73. The fourth-order valence-corrected chi connectivity index (χ4v) is 2.02. The summed E-state index contributed by atoms with van der Waals surface area (Å²) >= 11 is 0. The zero-order valence-electron chi connectivity index (χ0n) is 13.3. The SMILES string of the molecule is CCCNC(C)c1cccc(OCC(O)(CC)CC)c1. The van der Waals surface area contributed by atoms with Crippen LogP contribution in [0.3, 0.4) is 0 Å². The topological polar surface area (TPSA) is 41.5 Å². The summed E-state index contributed by atoms with van der Waals surface area (Å²) in [6.45, 7) is 9.65. The third kappa shape index (κ3) is 5.14. The molecule has 1 aromatic carbocycles. The predicted molar refractivity (Wildman–Crippen MR) is 84.2 cm³/mol. The van der Waals surface area contributed by atoms with Gasteiger partial charge in [0.2, 0.25) is 0 Å². The van der Waals surface area contributed by atoms with E-state index in [1.54, 1.807) is 0 Å². The van der Waals surface area contributed by atoms with Gasteiger partial charge in [0.15, 0.2) is 0 Å². The van der Waals surface area contributed by atoms with E-state index in [2.05, 4.69) is 31.3 Å². The first-order valence-electron chi connectivity index (χ1n) is 7.73. The van der Waals surface area contributed by atoms with Gasteiger partial charge in [-0.05, 0) is 50.4 Å². The first-order chi connectivity index (χ1) is 9.54. The molecule has 20 heavy (non-hydrogen) atoms. The minimum absolute atomic E-state index is 0.315. The Bertz CT molecular complexity index is 388. The lowest BCUT2D eigenvalue weighted by Gasteiger charge is -2.25. The Hall–Kier alpha value is -1.06. The quantitative estimate of drug-likeness (QED) is 0.724. The first kappa shape index (κ1) is 17.0. The molecule has 0 aliphatic rings. The summed E-state index contributed by atoms with van der Waals surface area (Å²) in [5, 5.41) is 13.7. The fraction of sp³-hybridized carbons (Fsp3) is 0.647. The van der Waals surface area contributed by atoms with E-state index in [9.17, 15) is 5.11 Å². The van der Waals surface area contributed by atoms with Gasteiger partial charge in [0.1, 0.15) is 12.4 Å². The summed E-state index contributed by atoms with van der Waals surface area (Å²) in [5.41, 5.74) is 0.495. The summed E-state index contributed by atoms with van der Waals surface area (Å²) in [6.07, 6.45) is 2.54. The van der Waals surface area contributed by atoms with E-state index in [-0.39, 0.29) is 0 Å². The Morgan fingerprint density at radius 2 is 1.95 bits per heavy atom. The number of nitrogens with one attached hydrogen (secondary N) is 1. The Morgan fingerprint density at radius 3 is 2.55 bits per heavy atom. The standard InChI is InChI=1S/C17H29NO2/c1-5-11-18-14(4)15-9-8-10-16(12-15)20-13-17(19,6-2)7-3/h8-10,12,14,18-19H,5-7,11,13H2,1-4H3. The van der Waals surface area contributed by atoms with E-state index in [1.165, 1.54) is 5.56 Å². The van der Waals surface area contributed by atoms with Crippen molar-refractivity contribution in [2.75, 3.05) is 13.2 Å². The van der Waals surface area contributed by atoms with E-state index < -0.39 is 5.60 Å². The van der Waals surface area contributed by atoms with Crippen LogP contribution in [0.1, 0.15) is 58.6 Å². The highest BCUT2D eigenvalue weighted by Gasteiger charge is 2.23. The van der Waals surface area contributed by atoms with Gasteiger partial charge in [-0.1, -0.05) is 32.9 Å². The molecule has 1 rings (SSSR count). The molecule has 0 spiro atoms. The van der Waals surface area contributed by atoms with Crippen molar-refractivity contribution in [3.63, 3.8) is 0 Å². The van der Waals surface area contributed by atoms with Crippen molar-refractivity contribution in [3.8, 4) is 5.75 Å². The highest BCUT2D eigenvalue weighted by Crippen LogP contribution is 2.22. The lowest BCUT2D eigenvalue weighted by molar-refractivity contribution is -0.0113. The maximum absolute atomic E-state index is 10.2. The van der Waals surface area contributed by atoms with Gasteiger partial charge in [0, 0.05) is 6.04 Å². The summed E-state index contributed by atoms with van der Waals surface area (Å²) in [4.78, 5) is 0. The van der Waals surface area contributed by atoms with Crippen LogP contribution in [-0.2, 0) is 0 Å². The van der Waals surface area contributed by atoms with Gasteiger partial charge in [-0.3, -0.25) is 0 Å². The summed E-state index contributed by atoms with van der Waals surface area (Å²) in [7, 11) is 0. The van der Waals surface area contributed by atoms with Crippen molar-refractivity contribution >= 4 is 0 Å². The Kier molecular flexibility index (Phi) is 7.03. The molecular weight excluding hydrogens is 250 g/mol. The van der Waals surface area contributed by atoms with Gasteiger partial charge in [-0.2, -0.15) is 0 Å². The van der Waals surface area contributed by atoms with Crippen molar-refractivity contribution in [2.24, 2.45) is 0 Å². The second kappa shape index (κ2) is 8.28. The van der Waals surface area contributed by atoms with Crippen LogP contribution in [0.2, 0.25) is 0 Å². The molecule has 1 atom stereocenters. The second-order valence-corrected chi connectivity index (χ2v) is 5.47. The van der Waals surface area contributed by atoms with Gasteiger partial charge >= 0.3 is 0 Å². The molecule has 3 heteroatoms. The maximum atomic E-state index is 10.2. The van der Waals surface area contributed by atoms with Crippen LogP contribution in [0.15, 0.2) is 24.3 Å².